The molecular weight excluding hydrogens is 606 g/mol. The van der Waals surface area contributed by atoms with Crippen molar-refractivity contribution in [1.82, 2.24) is 0 Å². The van der Waals surface area contributed by atoms with Crippen LogP contribution in [0, 0.1) is 23.2 Å². The van der Waals surface area contributed by atoms with Gasteiger partial charge in [-0.2, -0.15) is 0 Å². The van der Waals surface area contributed by atoms with Gasteiger partial charge < -0.3 is 24.4 Å². The molecule has 8 nitrogen and oxygen atoms in total. The molecule has 2 aromatic carbocycles. The minimum Gasteiger partial charge on any atom is -0.494 e. The fourth-order valence-electron chi connectivity index (χ4n) is 6.87. The number of nitrogens with one attached hydrogen (secondary N) is 1. The normalized spacial score (nSPS) is 20.8. The molecule has 1 N–H and O–H groups in total. The van der Waals surface area contributed by atoms with Crippen molar-refractivity contribution in [2.75, 3.05) is 19.8 Å². The lowest BCUT2D eigenvalue weighted by Gasteiger charge is -2.29. The summed E-state index contributed by atoms with van der Waals surface area (Å²) in [5.41, 5.74) is 2.33. The van der Waals surface area contributed by atoms with E-state index in [0.29, 0.717) is 74.1 Å². The largest absolute Gasteiger partial charge is 0.494 e. The van der Waals surface area contributed by atoms with Crippen molar-refractivity contribution in [1.29, 1.82) is 5.41 Å². The van der Waals surface area contributed by atoms with Crippen LogP contribution in [0.15, 0.2) is 54.6 Å². The maximum absolute atomic E-state index is 13.1. The smallest absolute Gasteiger partial charge is 0.314 e. The summed E-state index contributed by atoms with van der Waals surface area (Å²) in [5.74, 6) is 1.87. The summed E-state index contributed by atoms with van der Waals surface area (Å²) >= 11 is 0. The van der Waals surface area contributed by atoms with E-state index in [1.807, 2.05) is 12.1 Å². The molecule has 2 fully saturated rings. The molecule has 0 bridgehead atoms. The van der Waals surface area contributed by atoms with Gasteiger partial charge in [-0.1, -0.05) is 38.8 Å². The van der Waals surface area contributed by atoms with Gasteiger partial charge in [0.15, 0.2) is 0 Å². The van der Waals surface area contributed by atoms with Gasteiger partial charge in [-0.15, -0.1) is 0 Å². The number of aldehydes is 1. The number of unbranched alkanes of at least 4 members (excludes halogenated alkanes) is 3. The molecule has 0 radical (unpaired) electrons. The summed E-state index contributed by atoms with van der Waals surface area (Å²) in [6, 6.07) is 13.0. The molecule has 0 heterocycles. The topological polar surface area (TPSA) is 112 Å². The van der Waals surface area contributed by atoms with E-state index < -0.39 is 0 Å². The van der Waals surface area contributed by atoms with E-state index in [0.717, 1.165) is 43.6 Å². The van der Waals surface area contributed by atoms with Crippen molar-refractivity contribution in [2.24, 2.45) is 17.8 Å². The van der Waals surface area contributed by atoms with Crippen LogP contribution < -0.4 is 14.2 Å². The SMILES string of the molecule is C=C(C=O)COCCCCCCOc1ccc(OC(=O)C2CCC(C(=O)Oc3ccc(C4CCC(CCC)CC4)cc3C=N)CC2)cc1. The zero-order valence-corrected chi connectivity index (χ0v) is 28.6. The third kappa shape index (κ3) is 11.7. The zero-order chi connectivity index (χ0) is 34.1. The lowest BCUT2D eigenvalue weighted by atomic mass is 9.77. The van der Waals surface area contributed by atoms with Crippen molar-refractivity contribution in [2.45, 2.75) is 103 Å². The predicted molar refractivity (Wildman–Crippen MR) is 187 cm³/mol. The lowest BCUT2D eigenvalue weighted by molar-refractivity contribution is -0.145. The molecule has 0 aliphatic heterocycles. The number of carbonyl (C=O) groups excluding carboxylic acids is 3. The monoisotopic (exact) mass is 659 g/mol. The first-order chi connectivity index (χ1) is 23.4. The van der Waals surface area contributed by atoms with Crippen molar-refractivity contribution in [3.05, 3.63) is 65.7 Å². The zero-order valence-electron chi connectivity index (χ0n) is 28.6. The highest BCUT2D eigenvalue weighted by molar-refractivity contribution is 5.85. The Morgan fingerprint density at radius 2 is 1.44 bits per heavy atom. The van der Waals surface area contributed by atoms with Crippen LogP contribution in [0.2, 0.25) is 0 Å². The number of rotatable bonds is 19. The maximum atomic E-state index is 13.1. The van der Waals surface area contributed by atoms with Crippen molar-refractivity contribution in [3.63, 3.8) is 0 Å². The summed E-state index contributed by atoms with van der Waals surface area (Å²) < 4.78 is 22.7. The van der Waals surface area contributed by atoms with Crippen molar-refractivity contribution >= 4 is 24.4 Å². The van der Waals surface area contributed by atoms with Crippen LogP contribution in [0.25, 0.3) is 0 Å². The van der Waals surface area contributed by atoms with E-state index >= 15 is 0 Å². The molecule has 4 rings (SSSR count). The van der Waals surface area contributed by atoms with Gasteiger partial charge in [0.05, 0.1) is 25.0 Å². The molecule has 0 atom stereocenters. The van der Waals surface area contributed by atoms with Gasteiger partial charge >= 0.3 is 11.9 Å². The summed E-state index contributed by atoms with van der Waals surface area (Å²) in [5, 5.41) is 7.94. The molecule has 0 aromatic heterocycles. The molecule has 0 saturated heterocycles. The summed E-state index contributed by atoms with van der Waals surface area (Å²) in [7, 11) is 0. The number of ether oxygens (including phenoxy) is 4. The molecule has 0 amide bonds. The molecule has 2 aliphatic carbocycles. The van der Waals surface area contributed by atoms with Crippen LogP contribution in [0.5, 0.6) is 17.2 Å². The highest BCUT2D eigenvalue weighted by Crippen LogP contribution is 2.39. The van der Waals surface area contributed by atoms with Crippen LogP contribution in [-0.2, 0) is 19.1 Å². The molecule has 0 unspecified atom stereocenters. The molecule has 48 heavy (non-hydrogen) atoms. The number of carbonyl (C=O) groups is 3. The third-order valence-electron chi connectivity index (χ3n) is 9.76. The Balaban J connectivity index is 1.13. The van der Waals surface area contributed by atoms with Gasteiger partial charge in [0.2, 0.25) is 0 Å². The second kappa shape index (κ2) is 19.9. The van der Waals surface area contributed by atoms with E-state index in [4.69, 9.17) is 24.4 Å². The molecule has 2 aromatic rings. The third-order valence-corrected chi connectivity index (χ3v) is 9.76. The molecule has 2 saturated carbocycles. The van der Waals surface area contributed by atoms with E-state index in [1.54, 1.807) is 24.3 Å². The fourth-order valence-corrected chi connectivity index (χ4v) is 6.87. The Morgan fingerprint density at radius 3 is 2.06 bits per heavy atom. The Bertz CT molecular complexity index is 1340. The Kier molecular flexibility index (Phi) is 15.4. The van der Waals surface area contributed by atoms with Crippen molar-refractivity contribution in [3.8, 4) is 17.2 Å². The first kappa shape index (κ1) is 37.0. The van der Waals surface area contributed by atoms with Crippen LogP contribution >= 0.6 is 0 Å². The Morgan fingerprint density at radius 1 is 0.812 bits per heavy atom. The lowest BCUT2D eigenvalue weighted by Crippen LogP contribution is -2.30. The fraction of sp³-hybridized carbons (Fsp3) is 0.550. The number of hydrogen-bond donors (Lipinski definition) is 1. The highest BCUT2D eigenvalue weighted by atomic mass is 16.5. The number of esters is 2. The van der Waals surface area contributed by atoms with E-state index in [9.17, 15) is 14.4 Å². The van der Waals surface area contributed by atoms with E-state index in [1.165, 1.54) is 50.3 Å². The molecule has 0 spiro atoms. The summed E-state index contributed by atoms with van der Waals surface area (Å²) in [4.78, 5) is 36.4. The standard InChI is InChI=1S/C40H53NO7/c1-3-8-30-9-11-31(12-10-30)34-17-22-38(35(25-34)26-41)48-40(44)33-15-13-32(14-16-33)39(43)47-37-20-18-36(19-21-37)46-24-7-5-4-6-23-45-28-29(2)27-42/h17-22,25-27,30-33,41H,2-16,23-24,28H2,1H3. The van der Waals surface area contributed by atoms with Gasteiger partial charge in [0.25, 0.3) is 0 Å². The predicted octanol–water partition coefficient (Wildman–Crippen LogP) is 8.79. The molecular formula is C40H53NO7. The Labute approximate surface area is 286 Å². The maximum Gasteiger partial charge on any atom is 0.314 e. The van der Waals surface area contributed by atoms with Gasteiger partial charge in [0.1, 0.15) is 23.5 Å². The van der Waals surface area contributed by atoms with Crippen LogP contribution in [0.4, 0.5) is 0 Å². The minimum absolute atomic E-state index is 0.261. The molecule has 260 valence electrons. The number of hydrogen-bond acceptors (Lipinski definition) is 8. The highest BCUT2D eigenvalue weighted by Gasteiger charge is 2.32. The summed E-state index contributed by atoms with van der Waals surface area (Å²) in [6.45, 7) is 7.34. The second-order valence-electron chi connectivity index (χ2n) is 13.4. The van der Waals surface area contributed by atoms with Crippen LogP contribution in [-0.4, -0.2) is 44.3 Å². The summed E-state index contributed by atoms with van der Waals surface area (Å²) in [6.07, 6.45) is 15.6. The van der Waals surface area contributed by atoms with Gasteiger partial charge in [-0.3, -0.25) is 14.4 Å². The Hall–Kier alpha value is -3.78. The van der Waals surface area contributed by atoms with Crippen LogP contribution in [0.1, 0.15) is 114 Å². The first-order valence-corrected chi connectivity index (χ1v) is 17.9. The molecule has 8 heteroatoms. The quantitative estimate of drug-likeness (QED) is 0.0401. The van der Waals surface area contributed by atoms with E-state index in [2.05, 4.69) is 19.6 Å². The van der Waals surface area contributed by atoms with Gasteiger partial charge in [-0.25, -0.2) is 0 Å². The first-order valence-electron chi connectivity index (χ1n) is 17.9. The van der Waals surface area contributed by atoms with E-state index in [-0.39, 0.29) is 23.8 Å². The number of benzene rings is 2. The molecule has 2 aliphatic rings. The minimum atomic E-state index is -0.292. The van der Waals surface area contributed by atoms with Gasteiger partial charge in [-0.05, 0) is 124 Å². The second-order valence-corrected chi connectivity index (χ2v) is 13.4. The van der Waals surface area contributed by atoms with Crippen molar-refractivity contribution < 1.29 is 33.3 Å². The van der Waals surface area contributed by atoms with Crippen LogP contribution in [0.3, 0.4) is 0 Å². The van der Waals surface area contributed by atoms with Gasteiger partial charge in [0, 0.05) is 24.0 Å². The average Bonchev–Trinajstić information content (AvgIpc) is 3.12. The average molecular weight is 660 g/mol.